The van der Waals surface area contributed by atoms with E-state index < -0.39 is 9.84 Å². The number of benzene rings is 1. The second kappa shape index (κ2) is 6.59. The van der Waals surface area contributed by atoms with Crippen LogP contribution in [0.3, 0.4) is 0 Å². The molecule has 0 aromatic heterocycles. The third-order valence-electron chi connectivity index (χ3n) is 3.79. The van der Waals surface area contributed by atoms with E-state index in [0.717, 1.165) is 31.6 Å². The molecule has 1 fully saturated rings. The molecule has 1 N–H and O–H groups in total. The highest BCUT2D eigenvalue weighted by Crippen LogP contribution is 2.30. The van der Waals surface area contributed by atoms with Crippen molar-refractivity contribution in [2.45, 2.75) is 31.1 Å². The standard InChI is InChI=1S/C15H23NO3S/c1-2-10-20(18,19)15-8-4-3-7-14(15)16-9-5-6-13(11-16)12-17/h3-4,7-8,13,17H,2,5-6,9-12H2,1H3. The molecule has 5 heteroatoms. The van der Waals surface area contributed by atoms with E-state index in [4.69, 9.17) is 0 Å². The Balaban J connectivity index is 2.33. The number of hydrogen-bond acceptors (Lipinski definition) is 4. The molecule has 0 amide bonds. The van der Waals surface area contributed by atoms with Gasteiger partial charge in [-0.15, -0.1) is 0 Å². The molecule has 2 rings (SSSR count). The summed E-state index contributed by atoms with van der Waals surface area (Å²) < 4.78 is 24.7. The van der Waals surface area contributed by atoms with Crippen LogP contribution in [-0.4, -0.2) is 39.0 Å². The SMILES string of the molecule is CCCS(=O)(=O)c1ccccc1N1CCCC(CO)C1. The summed E-state index contributed by atoms with van der Waals surface area (Å²) in [7, 11) is -3.22. The average Bonchev–Trinajstić information content (AvgIpc) is 2.47. The lowest BCUT2D eigenvalue weighted by Crippen LogP contribution is -2.37. The van der Waals surface area contributed by atoms with Gasteiger partial charge in [0.1, 0.15) is 0 Å². The number of hydrogen-bond donors (Lipinski definition) is 1. The van der Waals surface area contributed by atoms with Crippen LogP contribution >= 0.6 is 0 Å². The van der Waals surface area contributed by atoms with Gasteiger partial charge in [-0.05, 0) is 37.3 Å². The molecule has 0 spiro atoms. The zero-order valence-corrected chi connectivity index (χ0v) is 12.8. The fourth-order valence-corrected chi connectivity index (χ4v) is 4.35. The van der Waals surface area contributed by atoms with Gasteiger partial charge >= 0.3 is 0 Å². The Bertz CT molecular complexity index is 542. The molecule has 1 aliphatic heterocycles. The Hall–Kier alpha value is -1.07. The Kier molecular flexibility index (Phi) is 5.05. The van der Waals surface area contributed by atoms with Crippen molar-refractivity contribution in [3.8, 4) is 0 Å². The lowest BCUT2D eigenvalue weighted by Gasteiger charge is -2.34. The summed E-state index contributed by atoms with van der Waals surface area (Å²) in [6, 6.07) is 7.23. The van der Waals surface area contributed by atoms with Crippen LogP contribution in [0.2, 0.25) is 0 Å². The Morgan fingerprint density at radius 2 is 2.10 bits per heavy atom. The molecule has 1 heterocycles. The summed E-state index contributed by atoms with van der Waals surface area (Å²) in [4.78, 5) is 2.54. The smallest absolute Gasteiger partial charge is 0.180 e. The summed E-state index contributed by atoms with van der Waals surface area (Å²) in [5.41, 5.74) is 0.791. The van der Waals surface area contributed by atoms with Crippen molar-refractivity contribution in [3.63, 3.8) is 0 Å². The number of nitrogens with zero attached hydrogens (tertiary/aromatic N) is 1. The van der Waals surface area contributed by atoms with Gasteiger partial charge < -0.3 is 10.0 Å². The maximum atomic E-state index is 12.4. The molecular weight excluding hydrogens is 274 g/mol. The first-order valence-electron chi connectivity index (χ1n) is 7.26. The monoisotopic (exact) mass is 297 g/mol. The van der Waals surface area contributed by atoms with E-state index >= 15 is 0 Å². The van der Waals surface area contributed by atoms with Gasteiger partial charge in [0, 0.05) is 19.7 Å². The van der Waals surface area contributed by atoms with Crippen LogP contribution in [0.25, 0.3) is 0 Å². The Morgan fingerprint density at radius 1 is 1.35 bits per heavy atom. The first-order chi connectivity index (χ1) is 9.58. The zero-order valence-electron chi connectivity index (χ0n) is 12.0. The van der Waals surface area contributed by atoms with E-state index in [1.807, 2.05) is 19.1 Å². The first kappa shape index (κ1) is 15.3. The minimum atomic E-state index is -3.22. The number of anilines is 1. The van der Waals surface area contributed by atoms with Crippen molar-refractivity contribution in [1.82, 2.24) is 0 Å². The minimum absolute atomic E-state index is 0.167. The van der Waals surface area contributed by atoms with Gasteiger partial charge in [-0.2, -0.15) is 0 Å². The molecule has 1 unspecified atom stereocenters. The number of rotatable bonds is 5. The molecule has 0 radical (unpaired) electrons. The summed E-state index contributed by atoms with van der Waals surface area (Å²) in [6.45, 7) is 3.63. The van der Waals surface area contributed by atoms with Crippen molar-refractivity contribution in [2.75, 3.05) is 30.3 Å². The molecule has 0 aliphatic carbocycles. The summed E-state index contributed by atoms with van der Waals surface area (Å²) >= 11 is 0. The highest BCUT2D eigenvalue weighted by Gasteiger charge is 2.25. The number of sulfone groups is 1. The van der Waals surface area contributed by atoms with Crippen LogP contribution in [-0.2, 0) is 9.84 Å². The summed E-state index contributed by atoms with van der Waals surface area (Å²) in [5, 5.41) is 9.32. The molecule has 0 bridgehead atoms. The molecular formula is C15H23NO3S. The highest BCUT2D eigenvalue weighted by molar-refractivity contribution is 7.91. The number of para-hydroxylation sites is 1. The Morgan fingerprint density at radius 3 is 2.80 bits per heavy atom. The van der Waals surface area contributed by atoms with Gasteiger partial charge in [0.2, 0.25) is 0 Å². The van der Waals surface area contributed by atoms with Crippen LogP contribution in [0.1, 0.15) is 26.2 Å². The van der Waals surface area contributed by atoms with Gasteiger partial charge in [-0.1, -0.05) is 19.1 Å². The van der Waals surface area contributed by atoms with Gasteiger partial charge in [-0.25, -0.2) is 8.42 Å². The molecule has 20 heavy (non-hydrogen) atoms. The quantitative estimate of drug-likeness (QED) is 0.904. The maximum Gasteiger partial charge on any atom is 0.180 e. The van der Waals surface area contributed by atoms with E-state index in [9.17, 15) is 13.5 Å². The highest BCUT2D eigenvalue weighted by atomic mass is 32.2. The van der Waals surface area contributed by atoms with E-state index in [-0.39, 0.29) is 18.3 Å². The van der Waals surface area contributed by atoms with Crippen molar-refractivity contribution < 1.29 is 13.5 Å². The third kappa shape index (κ3) is 3.33. The summed E-state index contributed by atoms with van der Waals surface area (Å²) in [5.74, 6) is 0.423. The second-order valence-corrected chi connectivity index (χ2v) is 7.50. The minimum Gasteiger partial charge on any atom is -0.396 e. The van der Waals surface area contributed by atoms with Crippen LogP contribution in [0.15, 0.2) is 29.2 Å². The largest absolute Gasteiger partial charge is 0.396 e. The van der Waals surface area contributed by atoms with E-state index in [1.165, 1.54) is 0 Å². The maximum absolute atomic E-state index is 12.4. The first-order valence-corrected chi connectivity index (χ1v) is 8.91. The normalized spacial score (nSPS) is 20.1. The zero-order chi connectivity index (χ0) is 14.6. The van der Waals surface area contributed by atoms with Crippen molar-refractivity contribution >= 4 is 15.5 Å². The number of piperidine rings is 1. The topological polar surface area (TPSA) is 57.6 Å². The van der Waals surface area contributed by atoms with Crippen LogP contribution < -0.4 is 4.90 Å². The predicted octanol–water partition coefficient (Wildman–Crippen LogP) is 2.08. The fraction of sp³-hybridized carbons (Fsp3) is 0.600. The molecule has 0 saturated carbocycles. The van der Waals surface area contributed by atoms with Crippen molar-refractivity contribution in [3.05, 3.63) is 24.3 Å². The Labute approximate surface area is 121 Å². The van der Waals surface area contributed by atoms with E-state index in [2.05, 4.69) is 4.90 Å². The van der Waals surface area contributed by atoms with E-state index in [1.54, 1.807) is 12.1 Å². The lowest BCUT2D eigenvalue weighted by atomic mass is 9.98. The van der Waals surface area contributed by atoms with Gasteiger partial charge in [0.15, 0.2) is 9.84 Å². The molecule has 112 valence electrons. The molecule has 1 aliphatic rings. The molecule has 1 saturated heterocycles. The van der Waals surface area contributed by atoms with Gasteiger partial charge in [-0.3, -0.25) is 0 Å². The van der Waals surface area contributed by atoms with Crippen LogP contribution in [0, 0.1) is 5.92 Å². The summed E-state index contributed by atoms with van der Waals surface area (Å²) in [6.07, 6.45) is 2.63. The van der Waals surface area contributed by atoms with Crippen LogP contribution in [0.4, 0.5) is 5.69 Å². The second-order valence-electron chi connectivity index (χ2n) is 5.42. The molecule has 4 nitrogen and oxygen atoms in total. The predicted molar refractivity (Wildman–Crippen MR) is 80.8 cm³/mol. The third-order valence-corrected chi connectivity index (χ3v) is 5.75. The average molecular weight is 297 g/mol. The number of aliphatic hydroxyl groups is 1. The number of aliphatic hydroxyl groups excluding tert-OH is 1. The molecule has 1 aromatic carbocycles. The lowest BCUT2D eigenvalue weighted by molar-refractivity contribution is 0.208. The van der Waals surface area contributed by atoms with Gasteiger partial charge in [0.25, 0.3) is 0 Å². The van der Waals surface area contributed by atoms with Crippen molar-refractivity contribution in [2.24, 2.45) is 5.92 Å². The fourth-order valence-electron chi connectivity index (χ4n) is 2.79. The molecule has 1 aromatic rings. The van der Waals surface area contributed by atoms with Crippen molar-refractivity contribution in [1.29, 1.82) is 0 Å². The molecule has 1 atom stereocenters. The van der Waals surface area contributed by atoms with Gasteiger partial charge in [0.05, 0.1) is 16.3 Å². The van der Waals surface area contributed by atoms with E-state index in [0.29, 0.717) is 11.3 Å². The van der Waals surface area contributed by atoms with Crippen LogP contribution in [0.5, 0.6) is 0 Å².